The lowest BCUT2D eigenvalue weighted by molar-refractivity contribution is -0.129. The second-order valence-corrected chi connectivity index (χ2v) is 5.82. The van der Waals surface area contributed by atoms with Gasteiger partial charge in [0.15, 0.2) is 0 Å². The van der Waals surface area contributed by atoms with E-state index in [9.17, 15) is 14.4 Å². The molecule has 0 atom stereocenters. The Morgan fingerprint density at radius 1 is 1.00 bits per heavy atom. The van der Waals surface area contributed by atoms with Crippen LogP contribution in [0.2, 0.25) is 0 Å². The minimum atomic E-state index is -0.430. The highest BCUT2D eigenvalue weighted by atomic mass is 16.5. The molecule has 2 aromatic carbocycles. The van der Waals surface area contributed by atoms with Crippen LogP contribution in [0.15, 0.2) is 36.4 Å². The number of nitrogens with one attached hydrogen (secondary N) is 1. The molecule has 0 aliphatic carbocycles. The van der Waals surface area contributed by atoms with E-state index in [1.165, 1.54) is 4.90 Å². The molecule has 0 saturated heterocycles. The van der Waals surface area contributed by atoms with Crippen molar-refractivity contribution in [2.75, 3.05) is 6.54 Å². The van der Waals surface area contributed by atoms with Gasteiger partial charge in [-0.15, -0.1) is 0 Å². The normalized spacial score (nSPS) is 12.7. The van der Waals surface area contributed by atoms with Gasteiger partial charge in [-0.25, -0.2) is 5.48 Å². The van der Waals surface area contributed by atoms with Gasteiger partial charge in [0.05, 0.1) is 0 Å². The van der Waals surface area contributed by atoms with Crippen LogP contribution >= 0.6 is 0 Å². The fraction of sp³-hybridized carbons (Fsp3) is 0.350. The van der Waals surface area contributed by atoms with Crippen LogP contribution in [-0.4, -0.2) is 34.4 Å². The molecule has 0 spiro atoms. The summed E-state index contributed by atoms with van der Waals surface area (Å²) < 4.78 is 0. The summed E-state index contributed by atoms with van der Waals surface area (Å²) in [7, 11) is 0. The minimum absolute atomic E-state index is 0. The molecule has 2 N–H and O–H groups in total. The number of carbonyl (C=O) groups excluding carboxylic acids is 3. The zero-order valence-corrected chi connectivity index (χ0v) is 15.1. The van der Waals surface area contributed by atoms with E-state index in [0.29, 0.717) is 36.9 Å². The summed E-state index contributed by atoms with van der Waals surface area (Å²) in [5.74, 6) is -0.962. The average molecular weight is 358 g/mol. The van der Waals surface area contributed by atoms with Gasteiger partial charge in [-0.05, 0) is 30.4 Å². The third-order valence-electron chi connectivity index (χ3n) is 4.27. The zero-order valence-electron chi connectivity index (χ0n) is 15.1. The molecule has 3 amide bonds. The molecule has 6 heteroatoms. The second-order valence-electron chi connectivity index (χ2n) is 5.82. The SMILES string of the molecule is CC.O=C(CCCCCN1C(=O)c2cccc3cccc(c23)C1=O)NO.[HH]. The molecule has 0 aromatic heterocycles. The van der Waals surface area contributed by atoms with E-state index in [4.69, 9.17) is 5.21 Å². The molecule has 26 heavy (non-hydrogen) atoms. The first-order chi connectivity index (χ1) is 12.6. The summed E-state index contributed by atoms with van der Waals surface area (Å²) in [5, 5.41) is 10.1. The topological polar surface area (TPSA) is 86.7 Å². The van der Waals surface area contributed by atoms with Crippen molar-refractivity contribution in [2.24, 2.45) is 0 Å². The van der Waals surface area contributed by atoms with Crippen molar-refractivity contribution in [1.82, 2.24) is 10.4 Å². The standard InChI is InChI=1S/C18H18N2O4.C2H6.H2/c21-15(19-24)10-2-1-3-11-20-17(22)13-8-4-6-12-7-5-9-14(16(12)13)18(20)23;1-2;/h4-9,24H,1-3,10-11H2,(H,19,21);1-2H3;1H. The Labute approximate surface area is 154 Å². The Bertz CT molecular complexity index is 772. The van der Waals surface area contributed by atoms with E-state index < -0.39 is 5.91 Å². The number of hydrogen-bond donors (Lipinski definition) is 2. The van der Waals surface area contributed by atoms with Crippen LogP contribution in [0.1, 0.15) is 61.7 Å². The van der Waals surface area contributed by atoms with Crippen LogP contribution in [0, 0.1) is 0 Å². The third kappa shape index (κ3) is 3.91. The van der Waals surface area contributed by atoms with E-state index in [0.717, 1.165) is 10.8 Å². The summed E-state index contributed by atoms with van der Waals surface area (Å²) in [6.45, 7) is 4.32. The highest BCUT2D eigenvalue weighted by molar-refractivity contribution is 6.25. The lowest BCUT2D eigenvalue weighted by Crippen LogP contribution is -2.40. The Morgan fingerprint density at radius 3 is 2.12 bits per heavy atom. The number of carbonyl (C=O) groups is 3. The van der Waals surface area contributed by atoms with Crippen molar-refractivity contribution < 1.29 is 21.0 Å². The quantitative estimate of drug-likeness (QED) is 0.356. The maximum Gasteiger partial charge on any atom is 0.261 e. The highest BCUT2D eigenvalue weighted by Gasteiger charge is 2.31. The van der Waals surface area contributed by atoms with E-state index in [2.05, 4.69) is 0 Å². The zero-order chi connectivity index (χ0) is 19.1. The predicted octanol–water partition coefficient (Wildman–Crippen LogP) is 3.77. The maximum atomic E-state index is 12.6. The molecule has 1 heterocycles. The number of rotatable bonds is 6. The molecular formula is C20H26N2O4. The molecule has 0 radical (unpaired) electrons. The van der Waals surface area contributed by atoms with Crippen LogP contribution in [0.3, 0.4) is 0 Å². The van der Waals surface area contributed by atoms with Gasteiger partial charge < -0.3 is 0 Å². The smallest absolute Gasteiger partial charge is 0.261 e. The molecule has 6 nitrogen and oxygen atoms in total. The monoisotopic (exact) mass is 358 g/mol. The first kappa shape index (κ1) is 19.6. The first-order valence-corrected chi connectivity index (χ1v) is 8.94. The number of imide groups is 1. The van der Waals surface area contributed by atoms with Crippen molar-refractivity contribution >= 4 is 28.5 Å². The van der Waals surface area contributed by atoms with Gasteiger partial charge in [-0.1, -0.05) is 44.5 Å². The lowest BCUT2D eigenvalue weighted by atomic mass is 9.94. The number of nitrogens with zero attached hydrogens (tertiary/aromatic N) is 1. The Hall–Kier alpha value is -2.73. The second kappa shape index (κ2) is 9.10. The Morgan fingerprint density at radius 2 is 1.58 bits per heavy atom. The van der Waals surface area contributed by atoms with E-state index >= 15 is 0 Å². The van der Waals surface area contributed by atoms with E-state index in [1.54, 1.807) is 17.6 Å². The Kier molecular flexibility index (Phi) is 6.86. The van der Waals surface area contributed by atoms with Gasteiger partial charge in [0.1, 0.15) is 0 Å². The molecule has 2 aromatic rings. The minimum Gasteiger partial charge on any atom is -0.289 e. The van der Waals surface area contributed by atoms with Crippen LogP contribution in [0.25, 0.3) is 10.8 Å². The number of amides is 3. The fourth-order valence-electron chi connectivity index (χ4n) is 3.07. The van der Waals surface area contributed by atoms with Crippen molar-refractivity contribution in [1.29, 1.82) is 0 Å². The number of unbranched alkanes of at least 4 members (excludes halogenated alkanes) is 2. The maximum absolute atomic E-state index is 12.6. The van der Waals surface area contributed by atoms with Gasteiger partial charge in [-0.2, -0.15) is 0 Å². The average Bonchev–Trinajstić information content (AvgIpc) is 2.69. The van der Waals surface area contributed by atoms with Gasteiger partial charge in [0, 0.05) is 30.9 Å². The summed E-state index contributed by atoms with van der Waals surface area (Å²) in [4.78, 5) is 37.5. The van der Waals surface area contributed by atoms with Crippen LogP contribution in [-0.2, 0) is 4.79 Å². The Balaban J connectivity index is 0.00000118. The molecule has 1 aliphatic heterocycles. The first-order valence-electron chi connectivity index (χ1n) is 8.94. The number of benzene rings is 2. The van der Waals surface area contributed by atoms with Crippen LogP contribution in [0.5, 0.6) is 0 Å². The fourth-order valence-corrected chi connectivity index (χ4v) is 3.07. The molecule has 0 fully saturated rings. The number of hydrogen-bond acceptors (Lipinski definition) is 4. The molecule has 0 unspecified atom stereocenters. The van der Waals surface area contributed by atoms with Crippen LogP contribution < -0.4 is 5.48 Å². The highest BCUT2D eigenvalue weighted by Crippen LogP contribution is 2.30. The summed E-state index contributed by atoms with van der Waals surface area (Å²) >= 11 is 0. The van der Waals surface area contributed by atoms with E-state index in [1.807, 2.05) is 38.1 Å². The van der Waals surface area contributed by atoms with Crippen molar-refractivity contribution in [3.8, 4) is 0 Å². The molecular weight excluding hydrogens is 332 g/mol. The number of hydroxylamine groups is 1. The molecule has 140 valence electrons. The molecule has 0 bridgehead atoms. The summed E-state index contributed by atoms with van der Waals surface area (Å²) in [5.41, 5.74) is 2.70. The molecule has 3 rings (SSSR count). The van der Waals surface area contributed by atoms with Crippen molar-refractivity contribution in [3.05, 3.63) is 47.5 Å². The lowest BCUT2D eigenvalue weighted by Gasteiger charge is -2.27. The van der Waals surface area contributed by atoms with Crippen molar-refractivity contribution in [3.63, 3.8) is 0 Å². The largest absolute Gasteiger partial charge is 0.289 e. The molecule has 0 saturated carbocycles. The van der Waals surface area contributed by atoms with Gasteiger partial charge >= 0.3 is 0 Å². The summed E-state index contributed by atoms with van der Waals surface area (Å²) in [6, 6.07) is 10.9. The van der Waals surface area contributed by atoms with E-state index in [-0.39, 0.29) is 19.7 Å². The summed E-state index contributed by atoms with van der Waals surface area (Å²) in [6.07, 6.45) is 2.12. The predicted molar refractivity (Wildman–Crippen MR) is 101 cm³/mol. The van der Waals surface area contributed by atoms with Gasteiger partial charge in [-0.3, -0.25) is 24.5 Å². The van der Waals surface area contributed by atoms with Gasteiger partial charge in [0.2, 0.25) is 5.91 Å². The van der Waals surface area contributed by atoms with Crippen molar-refractivity contribution in [2.45, 2.75) is 39.5 Å². The van der Waals surface area contributed by atoms with Gasteiger partial charge in [0.25, 0.3) is 11.8 Å². The molecule has 1 aliphatic rings. The van der Waals surface area contributed by atoms with Crippen LogP contribution in [0.4, 0.5) is 0 Å². The third-order valence-corrected chi connectivity index (χ3v) is 4.27.